The molecule has 1 fully saturated rings. The summed E-state index contributed by atoms with van der Waals surface area (Å²) in [5, 5.41) is 0.512. The van der Waals surface area contributed by atoms with Crippen molar-refractivity contribution in [1.82, 2.24) is 14.9 Å². The molecule has 0 N–H and O–H groups in total. The molecule has 3 aromatic rings. The summed E-state index contributed by atoms with van der Waals surface area (Å²) in [7, 11) is 0. The molecule has 0 aliphatic carbocycles. The average Bonchev–Trinajstić information content (AvgIpc) is 2.76. The van der Waals surface area contributed by atoms with Gasteiger partial charge >= 0.3 is 0 Å². The Bertz CT molecular complexity index is 1070. The summed E-state index contributed by atoms with van der Waals surface area (Å²) >= 11 is 11.8. The molecular formula is C21H17Cl2FN4O2. The summed E-state index contributed by atoms with van der Waals surface area (Å²) in [6.45, 7) is 2.34. The van der Waals surface area contributed by atoms with Crippen molar-refractivity contribution in [2.75, 3.05) is 31.1 Å². The maximum Gasteiger partial charge on any atom is 0.254 e. The molecule has 0 saturated carbocycles. The van der Waals surface area contributed by atoms with E-state index in [-0.39, 0.29) is 10.9 Å². The fraction of sp³-hybridized carbons (Fsp3) is 0.190. The highest BCUT2D eigenvalue weighted by Gasteiger charge is 2.23. The number of benzene rings is 2. The zero-order valence-corrected chi connectivity index (χ0v) is 17.3. The Labute approximate surface area is 182 Å². The zero-order chi connectivity index (χ0) is 21.1. The van der Waals surface area contributed by atoms with Crippen LogP contribution in [0.3, 0.4) is 0 Å². The number of hydrogen-bond acceptors (Lipinski definition) is 5. The molecule has 2 heterocycles. The SMILES string of the molecule is O=C(c1cccc(Cl)c1)N1CCN(c2cc(Oc3ccc(F)c(Cl)c3)ncn2)CC1. The maximum atomic E-state index is 13.3. The maximum absolute atomic E-state index is 13.3. The first-order valence-electron chi connectivity index (χ1n) is 9.24. The van der Waals surface area contributed by atoms with Gasteiger partial charge in [-0.05, 0) is 30.3 Å². The number of carbonyl (C=O) groups is 1. The summed E-state index contributed by atoms with van der Waals surface area (Å²) in [6.07, 6.45) is 1.40. The van der Waals surface area contributed by atoms with Crippen molar-refractivity contribution in [2.45, 2.75) is 0 Å². The molecule has 6 nitrogen and oxygen atoms in total. The van der Waals surface area contributed by atoms with Gasteiger partial charge in [0, 0.05) is 48.9 Å². The van der Waals surface area contributed by atoms with Crippen molar-refractivity contribution < 1.29 is 13.9 Å². The minimum absolute atomic E-state index is 0.0257. The normalized spacial score (nSPS) is 14.0. The van der Waals surface area contributed by atoms with Crippen LogP contribution in [0, 0.1) is 5.82 Å². The summed E-state index contributed by atoms with van der Waals surface area (Å²) in [5.74, 6) is 0.820. The molecule has 1 aliphatic heterocycles. The van der Waals surface area contributed by atoms with Gasteiger partial charge in [-0.25, -0.2) is 14.4 Å². The van der Waals surface area contributed by atoms with Gasteiger partial charge in [0.15, 0.2) is 0 Å². The van der Waals surface area contributed by atoms with Crippen LogP contribution in [-0.4, -0.2) is 47.0 Å². The van der Waals surface area contributed by atoms with E-state index in [9.17, 15) is 9.18 Å². The van der Waals surface area contributed by atoms with Gasteiger partial charge in [0.25, 0.3) is 5.91 Å². The lowest BCUT2D eigenvalue weighted by Gasteiger charge is -2.35. The molecule has 0 radical (unpaired) electrons. The van der Waals surface area contributed by atoms with Gasteiger partial charge < -0.3 is 14.5 Å². The van der Waals surface area contributed by atoms with Crippen LogP contribution >= 0.6 is 23.2 Å². The third-order valence-corrected chi connectivity index (χ3v) is 5.23. The van der Waals surface area contributed by atoms with Crippen molar-refractivity contribution in [2.24, 2.45) is 0 Å². The highest BCUT2D eigenvalue weighted by Crippen LogP contribution is 2.26. The predicted octanol–water partition coefficient (Wildman–Crippen LogP) is 4.68. The van der Waals surface area contributed by atoms with E-state index < -0.39 is 5.82 Å². The number of nitrogens with zero attached hydrogens (tertiary/aromatic N) is 4. The first-order chi connectivity index (χ1) is 14.5. The number of ether oxygens (including phenoxy) is 1. The number of halogens is 3. The molecule has 1 saturated heterocycles. The van der Waals surface area contributed by atoms with Gasteiger partial charge in [-0.1, -0.05) is 29.3 Å². The molecule has 154 valence electrons. The Morgan fingerprint density at radius 2 is 1.80 bits per heavy atom. The number of hydrogen-bond donors (Lipinski definition) is 0. The van der Waals surface area contributed by atoms with Crippen molar-refractivity contribution in [3.63, 3.8) is 0 Å². The van der Waals surface area contributed by atoms with Crippen LogP contribution < -0.4 is 9.64 Å². The zero-order valence-electron chi connectivity index (χ0n) is 15.8. The molecule has 0 bridgehead atoms. The minimum atomic E-state index is -0.516. The number of carbonyl (C=O) groups excluding carboxylic acids is 1. The van der Waals surface area contributed by atoms with Gasteiger partial charge in [-0.2, -0.15) is 0 Å². The van der Waals surface area contributed by atoms with Crippen LogP contribution in [0.2, 0.25) is 10.0 Å². The molecule has 2 aromatic carbocycles. The summed E-state index contributed by atoms with van der Waals surface area (Å²) in [4.78, 5) is 24.9. The van der Waals surface area contributed by atoms with Gasteiger partial charge in [0.1, 0.15) is 23.7 Å². The van der Waals surface area contributed by atoms with Crippen molar-refractivity contribution in [3.8, 4) is 11.6 Å². The second-order valence-corrected chi connectivity index (χ2v) is 7.53. The van der Waals surface area contributed by atoms with Crippen LogP contribution in [0.15, 0.2) is 54.9 Å². The van der Waals surface area contributed by atoms with Gasteiger partial charge in [-0.15, -0.1) is 0 Å². The number of rotatable bonds is 4. The largest absolute Gasteiger partial charge is 0.439 e. The molecule has 4 rings (SSSR count). The molecular weight excluding hydrogens is 430 g/mol. The van der Waals surface area contributed by atoms with Crippen LogP contribution in [0.1, 0.15) is 10.4 Å². The first-order valence-corrected chi connectivity index (χ1v) is 10.00. The summed E-state index contributed by atoms with van der Waals surface area (Å²) in [5.41, 5.74) is 0.576. The van der Waals surface area contributed by atoms with Gasteiger partial charge in [0.2, 0.25) is 5.88 Å². The van der Waals surface area contributed by atoms with E-state index in [0.29, 0.717) is 54.2 Å². The number of piperazine rings is 1. The smallest absolute Gasteiger partial charge is 0.254 e. The predicted molar refractivity (Wildman–Crippen MR) is 113 cm³/mol. The molecule has 30 heavy (non-hydrogen) atoms. The van der Waals surface area contributed by atoms with E-state index >= 15 is 0 Å². The fourth-order valence-electron chi connectivity index (χ4n) is 3.16. The lowest BCUT2D eigenvalue weighted by Crippen LogP contribution is -2.49. The lowest BCUT2D eigenvalue weighted by atomic mass is 10.2. The molecule has 1 aromatic heterocycles. The van der Waals surface area contributed by atoms with E-state index in [0.717, 1.165) is 0 Å². The van der Waals surface area contributed by atoms with Crippen molar-refractivity contribution >= 4 is 34.9 Å². The summed E-state index contributed by atoms with van der Waals surface area (Å²) in [6, 6.07) is 12.7. The Hall–Kier alpha value is -2.90. The molecule has 9 heteroatoms. The molecule has 0 atom stereocenters. The third kappa shape index (κ3) is 4.63. The standard InChI is InChI=1S/C21H17Cl2FN4O2/c22-15-3-1-2-14(10-15)21(29)28-8-6-27(7-9-28)19-12-20(26-13-25-19)30-16-4-5-18(24)17(23)11-16/h1-5,10-13H,6-9H2. The number of anilines is 1. The third-order valence-electron chi connectivity index (χ3n) is 4.70. The second-order valence-electron chi connectivity index (χ2n) is 6.68. The van der Waals surface area contributed by atoms with E-state index in [2.05, 4.69) is 9.97 Å². The van der Waals surface area contributed by atoms with Crippen LogP contribution in [0.5, 0.6) is 11.6 Å². The van der Waals surface area contributed by atoms with Crippen LogP contribution in [0.25, 0.3) is 0 Å². The molecule has 1 aliphatic rings. The topological polar surface area (TPSA) is 58.6 Å². The first kappa shape index (κ1) is 20.4. The highest BCUT2D eigenvalue weighted by atomic mass is 35.5. The number of amides is 1. The van der Waals surface area contributed by atoms with E-state index in [4.69, 9.17) is 27.9 Å². The van der Waals surface area contributed by atoms with Crippen molar-refractivity contribution in [1.29, 1.82) is 0 Å². The number of aromatic nitrogens is 2. The second kappa shape index (κ2) is 8.85. The van der Waals surface area contributed by atoms with Crippen molar-refractivity contribution in [3.05, 3.63) is 76.3 Å². The molecule has 0 spiro atoms. The summed E-state index contributed by atoms with van der Waals surface area (Å²) < 4.78 is 19.0. The monoisotopic (exact) mass is 446 g/mol. The quantitative estimate of drug-likeness (QED) is 0.582. The Morgan fingerprint density at radius 1 is 1.00 bits per heavy atom. The Morgan fingerprint density at radius 3 is 2.53 bits per heavy atom. The Balaban J connectivity index is 1.40. The van der Waals surface area contributed by atoms with E-state index in [1.165, 1.54) is 24.5 Å². The lowest BCUT2D eigenvalue weighted by molar-refractivity contribution is 0.0746. The van der Waals surface area contributed by atoms with Gasteiger partial charge in [-0.3, -0.25) is 4.79 Å². The Kier molecular flexibility index (Phi) is 6.01. The van der Waals surface area contributed by atoms with E-state index in [1.54, 1.807) is 35.2 Å². The van der Waals surface area contributed by atoms with Gasteiger partial charge in [0.05, 0.1) is 5.02 Å². The van der Waals surface area contributed by atoms with E-state index in [1.807, 2.05) is 4.90 Å². The highest BCUT2D eigenvalue weighted by molar-refractivity contribution is 6.31. The molecule has 1 amide bonds. The average molecular weight is 447 g/mol. The molecule has 0 unspecified atom stereocenters. The van der Waals surface area contributed by atoms with Crippen LogP contribution in [-0.2, 0) is 0 Å². The van der Waals surface area contributed by atoms with Crippen LogP contribution in [0.4, 0.5) is 10.2 Å². The fourth-order valence-corrected chi connectivity index (χ4v) is 3.52. The minimum Gasteiger partial charge on any atom is -0.439 e.